The number of carbonyl (C=O) groups is 2. The van der Waals surface area contributed by atoms with E-state index in [0.29, 0.717) is 11.3 Å². The van der Waals surface area contributed by atoms with Crippen LogP contribution in [-0.2, 0) is 11.3 Å². The van der Waals surface area contributed by atoms with Gasteiger partial charge in [-0.1, -0.05) is 80.6 Å². The molecule has 0 spiro atoms. The zero-order chi connectivity index (χ0) is 21.3. The number of nitrogens with zero attached hydrogens (tertiary/aromatic N) is 1. The van der Waals surface area contributed by atoms with Gasteiger partial charge in [-0.25, -0.2) is 0 Å². The molecule has 0 aliphatic carbocycles. The number of rotatable bonds is 9. The summed E-state index contributed by atoms with van der Waals surface area (Å²) in [6.45, 7) is 7.18. The van der Waals surface area contributed by atoms with E-state index < -0.39 is 0 Å². The number of nitrogens with one attached hydrogen (secondary N) is 1. The zero-order valence-electron chi connectivity index (χ0n) is 17.6. The van der Waals surface area contributed by atoms with Crippen molar-refractivity contribution in [1.82, 2.24) is 4.90 Å². The van der Waals surface area contributed by atoms with Crippen molar-refractivity contribution in [3.05, 3.63) is 90.0 Å². The molecule has 0 radical (unpaired) electrons. The lowest BCUT2D eigenvalue weighted by Gasteiger charge is -2.18. The molecule has 1 N–H and O–H groups in total. The van der Waals surface area contributed by atoms with Crippen molar-refractivity contribution in [3.8, 4) is 11.1 Å². The standard InChI is InChI=1S/C26H28N2O2/c1-3-28(4-2)19-20-10-16-24(17-11-20)27-26(30)18-25(29)23-14-12-22(13-15-23)21-8-6-5-7-9-21/h5-17H,3-4,18-19H2,1-2H3,(H,27,30). The molecule has 0 bridgehead atoms. The lowest BCUT2D eigenvalue weighted by Crippen LogP contribution is -2.22. The molecule has 30 heavy (non-hydrogen) atoms. The van der Waals surface area contributed by atoms with E-state index in [9.17, 15) is 9.59 Å². The van der Waals surface area contributed by atoms with E-state index in [1.54, 1.807) is 12.1 Å². The molecule has 0 atom stereocenters. The number of ketones is 1. The average molecular weight is 401 g/mol. The lowest BCUT2D eigenvalue weighted by molar-refractivity contribution is -0.115. The number of hydrogen-bond donors (Lipinski definition) is 1. The van der Waals surface area contributed by atoms with Gasteiger partial charge in [0, 0.05) is 17.8 Å². The minimum atomic E-state index is -0.302. The predicted octanol–water partition coefficient (Wildman–Crippen LogP) is 5.41. The van der Waals surface area contributed by atoms with Crippen LogP contribution in [0.2, 0.25) is 0 Å². The third kappa shape index (κ3) is 5.88. The Morgan fingerprint density at radius 1 is 0.767 bits per heavy atom. The molecule has 3 aromatic rings. The molecule has 1 amide bonds. The van der Waals surface area contributed by atoms with Crippen LogP contribution >= 0.6 is 0 Å². The molecule has 0 aliphatic rings. The summed E-state index contributed by atoms with van der Waals surface area (Å²) >= 11 is 0. The average Bonchev–Trinajstić information content (AvgIpc) is 2.79. The fourth-order valence-electron chi connectivity index (χ4n) is 3.33. The molecule has 0 fully saturated rings. The van der Waals surface area contributed by atoms with Gasteiger partial charge in [0.25, 0.3) is 0 Å². The van der Waals surface area contributed by atoms with Crippen molar-refractivity contribution in [2.24, 2.45) is 0 Å². The van der Waals surface area contributed by atoms with Crippen LogP contribution in [-0.4, -0.2) is 29.7 Å². The van der Waals surface area contributed by atoms with Crippen molar-refractivity contribution in [2.75, 3.05) is 18.4 Å². The van der Waals surface area contributed by atoms with E-state index in [-0.39, 0.29) is 18.1 Å². The molecule has 0 aromatic heterocycles. The van der Waals surface area contributed by atoms with Crippen molar-refractivity contribution in [2.45, 2.75) is 26.8 Å². The minimum absolute atomic E-state index is 0.175. The van der Waals surface area contributed by atoms with E-state index in [1.807, 2.05) is 66.7 Å². The van der Waals surface area contributed by atoms with Crippen molar-refractivity contribution in [1.29, 1.82) is 0 Å². The van der Waals surface area contributed by atoms with E-state index in [0.717, 1.165) is 30.8 Å². The third-order valence-corrected chi connectivity index (χ3v) is 5.17. The first-order valence-corrected chi connectivity index (χ1v) is 10.4. The molecule has 0 saturated carbocycles. The van der Waals surface area contributed by atoms with Crippen LogP contribution in [0.25, 0.3) is 11.1 Å². The molecule has 3 rings (SSSR count). The maximum absolute atomic E-state index is 12.5. The van der Waals surface area contributed by atoms with Crippen LogP contribution in [0.3, 0.4) is 0 Å². The molecule has 4 heteroatoms. The summed E-state index contributed by atoms with van der Waals surface area (Å²) in [6.07, 6.45) is -0.175. The Kier molecular flexibility index (Phi) is 7.52. The molecular formula is C26H28N2O2. The summed E-state index contributed by atoms with van der Waals surface area (Å²) in [5.41, 5.74) is 4.58. The maximum Gasteiger partial charge on any atom is 0.232 e. The van der Waals surface area contributed by atoms with Crippen molar-refractivity contribution < 1.29 is 9.59 Å². The molecule has 3 aromatic carbocycles. The van der Waals surface area contributed by atoms with Gasteiger partial charge >= 0.3 is 0 Å². The first-order chi connectivity index (χ1) is 14.6. The Morgan fingerprint density at radius 3 is 1.97 bits per heavy atom. The quantitative estimate of drug-likeness (QED) is 0.386. The summed E-state index contributed by atoms with van der Waals surface area (Å²) in [7, 11) is 0. The van der Waals surface area contributed by atoms with Crippen molar-refractivity contribution >= 4 is 17.4 Å². The highest BCUT2D eigenvalue weighted by Crippen LogP contribution is 2.20. The summed E-state index contributed by atoms with van der Waals surface area (Å²) in [4.78, 5) is 27.1. The zero-order valence-corrected chi connectivity index (χ0v) is 17.6. The van der Waals surface area contributed by atoms with Crippen LogP contribution in [0.4, 0.5) is 5.69 Å². The fourth-order valence-corrected chi connectivity index (χ4v) is 3.33. The minimum Gasteiger partial charge on any atom is -0.326 e. The van der Waals surface area contributed by atoms with Gasteiger partial charge in [-0.2, -0.15) is 0 Å². The monoisotopic (exact) mass is 400 g/mol. The Balaban J connectivity index is 1.55. The summed E-state index contributed by atoms with van der Waals surface area (Å²) < 4.78 is 0. The topological polar surface area (TPSA) is 49.4 Å². The second kappa shape index (κ2) is 10.5. The first kappa shape index (κ1) is 21.5. The van der Waals surface area contributed by atoms with Gasteiger partial charge in [0.05, 0.1) is 6.42 Å². The molecule has 0 aliphatic heterocycles. The summed E-state index contributed by atoms with van der Waals surface area (Å²) in [6, 6.07) is 25.2. The second-order valence-electron chi connectivity index (χ2n) is 7.25. The highest BCUT2D eigenvalue weighted by Gasteiger charge is 2.12. The highest BCUT2D eigenvalue weighted by atomic mass is 16.2. The van der Waals surface area contributed by atoms with Gasteiger partial charge in [-0.3, -0.25) is 14.5 Å². The molecule has 154 valence electrons. The number of benzene rings is 3. The third-order valence-electron chi connectivity index (χ3n) is 5.17. The van der Waals surface area contributed by atoms with Crippen LogP contribution < -0.4 is 5.32 Å². The van der Waals surface area contributed by atoms with E-state index >= 15 is 0 Å². The second-order valence-corrected chi connectivity index (χ2v) is 7.25. The van der Waals surface area contributed by atoms with Gasteiger partial charge in [0.15, 0.2) is 5.78 Å². The van der Waals surface area contributed by atoms with Crippen molar-refractivity contribution in [3.63, 3.8) is 0 Å². The Hall–Kier alpha value is -3.24. The normalized spacial score (nSPS) is 10.8. The molecule has 0 heterocycles. The SMILES string of the molecule is CCN(CC)Cc1ccc(NC(=O)CC(=O)c2ccc(-c3ccccc3)cc2)cc1. The largest absolute Gasteiger partial charge is 0.326 e. The van der Waals surface area contributed by atoms with Gasteiger partial charge in [0.2, 0.25) is 5.91 Å². The van der Waals surface area contributed by atoms with Crippen LogP contribution in [0.5, 0.6) is 0 Å². The van der Waals surface area contributed by atoms with Crippen LogP contribution in [0.15, 0.2) is 78.9 Å². The Morgan fingerprint density at radius 2 is 1.37 bits per heavy atom. The molecule has 4 nitrogen and oxygen atoms in total. The number of amides is 1. The van der Waals surface area contributed by atoms with Gasteiger partial charge in [-0.15, -0.1) is 0 Å². The number of hydrogen-bond acceptors (Lipinski definition) is 3. The number of Topliss-reactive ketones (excluding diaryl/α,β-unsaturated/α-hetero) is 1. The molecule has 0 saturated heterocycles. The van der Waals surface area contributed by atoms with E-state index in [4.69, 9.17) is 0 Å². The predicted molar refractivity (Wildman–Crippen MR) is 123 cm³/mol. The number of anilines is 1. The first-order valence-electron chi connectivity index (χ1n) is 10.4. The smallest absolute Gasteiger partial charge is 0.232 e. The highest BCUT2D eigenvalue weighted by molar-refractivity contribution is 6.11. The summed E-state index contributed by atoms with van der Waals surface area (Å²) in [5, 5.41) is 2.81. The van der Waals surface area contributed by atoms with Gasteiger partial charge in [-0.05, 0) is 41.9 Å². The Bertz CT molecular complexity index is 960. The Labute approximate surface area is 178 Å². The van der Waals surface area contributed by atoms with Gasteiger partial charge < -0.3 is 5.32 Å². The number of carbonyl (C=O) groups excluding carboxylic acids is 2. The summed E-state index contributed by atoms with van der Waals surface area (Å²) in [5.74, 6) is -0.492. The lowest BCUT2D eigenvalue weighted by atomic mass is 10.0. The molecule has 0 unspecified atom stereocenters. The fraction of sp³-hybridized carbons (Fsp3) is 0.231. The van der Waals surface area contributed by atoms with Crippen LogP contribution in [0.1, 0.15) is 36.2 Å². The molecular weight excluding hydrogens is 372 g/mol. The maximum atomic E-state index is 12.5. The van der Waals surface area contributed by atoms with Crippen LogP contribution in [0, 0.1) is 0 Å². The van der Waals surface area contributed by atoms with E-state index in [2.05, 4.69) is 24.1 Å². The van der Waals surface area contributed by atoms with E-state index in [1.165, 1.54) is 5.56 Å². The van der Waals surface area contributed by atoms with Gasteiger partial charge in [0.1, 0.15) is 0 Å².